The smallest absolute Gasteiger partial charge is 0.0715 e. The molecule has 2 heteroatoms. The van der Waals surface area contributed by atoms with Gasteiger partial charge in [-0.3, -0.25) is 9.80 Å². The Bertz CT molecular complexity index is 318. The van der Waals surface area contributed by atoms with Crippen LogP contribution in [0.15, 0.2) is 0 Å². The van der Waals surface area contributed by atoms with Gasteiger partial charge in [0.15, 0.2) is 0 Å². The predicted molar refractivity (Wildman–Crippen MR) is 82.1 cm³/mol. The molecule has 2 rings (SSSR count). The van der Waals surface area contributed by atoms with Crippen LogP contribution >= 0.6 is 0 Å². The quantitative estimate of drug-likeness (QED) is 0.719. The summed E-state index contributed by atoms with van der Waals surface area (Å²) in [6, 6.07) is 1.75. The molecule has 0 amide bonds. The minimum atomic E-state index is 0.349. The zero-order chi connectivity index (χ0) is 13.8. The lowest BCUT2D eigenvalue weighted by atomic mass is 9.90. The maximum absolute atomic E-state index is 5.81. The molecule has 3 unspecified atom stereocenters. The molecule has 0 aromatic rings. The third-order valence-corrected chi connectivity index (χ3v) is 4.94. The van der Waals surface area contributed by atoms with E-state index in [0.29, 0.717) is 18.0 Å². The maximum Gasteiger partial charge on any atom is 0.0715 e. The molecule has 19 heavy (non-hydrogen) atoms. The van der Waals surface area contributed by atoms with Gasteiger partial charge < -0.3 is 0 Å². The molecular weight excluding hydrogens is 232 g/mol. The van der Waals surface area contributed by atoms with Gasteiger partial charge in [0, 0.05) is 25.2 Å². The Hall–Kier alpha value is -0.520. The highest BCUT2D eigenvalue weighted by atomic mass is 15.3. The number of piperazine rings is 1. The van der Waals surface area contributed by atoms with Gasteiger partial charge in [0.1, 0.15) is 0 Å². The molecule has 2 heterocycles. The van der Waals surface area contributed by atoms with E-state index in [9.17, 15) is 0 Å². The second-order valence-corrected chi connectivity index (χ2v) is 6.62. The van der Waals surface area contributed by atoms with Gasteiger partial charge in [-0.05, 0) is 31.7 Å². The van der Waals surface area contributed by atoms with Crippen molar-refractivity contribution in [3.63, 3.8) is 0 Å². The van der Waals surface area contributed by atoms with Crippen LogP contribution in [0.25, 0.3) is 0 Å². The van der Waals surface area contributed by atoms with E-state index >= 15 is 0 Å². The van der Waals surface area contributed by atoms with Crippen molar-refractivity contribution in [1.82, 2.24) is 9.80 Å². The molecule has 0 aliphatic carbocycles. The summed E-state index contributed by atoms with van der Waals surface area (Å²) in [7, 11) is 0. The van der Waals surface area contributed by atoms with E-state index in [1.165, 1.54) is 45.3 Å². The highest BCUT2D eigenvalue weighted by molar-refractivity contribution is 5.05. The molecule has 2 fully saturated rings. The van der Waals surface area contributed by atoms with Crippen LogP contribution in [0.5, 0.6) is 0 Å². The fourth-order valence-electron chi connectivity index (χ4n) is 3.80. The molecular formula is C17H30N2. The van der Waals surface area contributed by atoms with Crippen molar-refractivity contribution in [2.45, 2.75) is 71.0 Å². The molecule has 0 radical (unpaired) electrons. The normalized spacial score (nSPS) is 30.9. The number of hydrogen-bond donors (Lipinski definition) is 0. The topological polar surface area (TPSA) is 6.48 Å². The van der Waals surface area contributed by atoms with Crippen molar-refractivity contribution in [3.8, 4) is 12.3 Å². The molecule has 0 N–H and O–H groups in total. The van der Waals surface area contributed by atoms with Gasteiger partial charge in [0.05, 0.1) is 6.04 Å². The highest BCUT2D eigenvalue weighted by Gasteiger charge is 2.38. The molecule has 0 aromatic carbocycles. The lowest BCUT2D eigenvalue weighted by Gasteiger charge is -2.51. The number of fused-ring (bicyclic) bond motifs is 1. The minimum absolute atomic E-state index is 0.349. The van der Waals surface area contributed by atoms with Gasteiger partial charge in [-0.2, -0.15) is 0 Å². The summed E-state index contributed by atoms with van der Waals surface area (Å²) in [5.74, 6) is 3.75. The Balaban J connectivity index is 2.11. The highest BCUT2D eigenvalue weighted by Crippen LogP contribution is 2.29. The van der Waals surface area contributed by atoms with Crippen molar-refractivity contribution < 1.29 is 0 Å². The average Bonchev–Trinajstić information content (AvgIpc) is 2.43. The van der Waals surface area contributed by atoms with Crippen LogP contribution in [-0.4, -0.2) is 47.6 Å². The second-order valence-electron chi connectivity index (χ2n) is 6.62. The fourth-order valence-corrected chi connectivity index (χ4v) is 3.80. The van der Waals surface area contributed by atoms with Crippen LogP contribution in [0.3, 0.4) is 0 Å². The van der Waals surface area contributed by atoms with Gasteiger partial charge in [-0.25, -0.2) is 0 Å². The van der Waals surface area contributed by atoms with Crippen LogP contribution in [-0.2, 0) is 0 Å². The fraction of sp³-hybridized carbons (Fsp3) is 0.882. The van der Waals surface area contributed by atoms with Gasteiger partial charge in [0.2, 0.25) is 0 Å². The number of piperidine rings is 1. The summed E-state index contributed by atoms with van der Waals surface area (Å²) in [4.78, 5) is 5.38. The van der Waals surface area contributed by atoms with Gasteiger partial charge in [-0.1, -0.05) is 39.5 Å². The zero-order valence-electron chi connectivity index (χ0n) is 12.9. The van der Waals surface area contributed by atoms with E-state index < -0.39 is 0 Å². The molecule has 0 bridgehead atoms. The summed E-state index contributed by atoms with van der Waals surface area (Å²) in [5.41, 5.74) is 0. The molecule has 0 aromatic heterocycles. The Morgan fingerprint density at radius 1 is 1.26 bits per heavy atom. The summed E-state index contributed by atoms with van der Waals surface area (Å²) in [5, 5.41) is 0. The number of rotatable bonds is 4. The molecule has 2 saturated heterocycles. The molecule has 2 aliphatic heterocycles. The van der Waals surface area contributed by atoms with Crippen LogP contribution in [0, 0.1) is 18.3 Å². The number of hydrogen-bond acceptors (Lipinski definition) is 2. The lowest BCUT2D eigenvalue weighted by Crippen LogP contribution is -2.63. The summed E-state index contributed by atoms with van der Waals surface area (Å²) in [6.07, 6.45) is 12.3. The third kappa shape index (κ3) is 3.33. The largest absolute Gasteiger partial charge is 0.298 e. The standard InChI is InChI=1S/C17H30N2/c1-5-9-15(6-2)19-12-16-10-7-8-11-18(16)13-17(19)14(3)4/h2,14-17H,5,7-13H2,1,3-4H3. The van der Waals surface area contributed by atoms with E-state index in [2.05, 4.69) is 36.5 Å². The first kappa shape index (κ1) is 14.9. The maximum atomic E-state index is 5.81. The first-order valence-corrected chi connectivity index (χ1v) is 8.13. The van der Waals surface area contributed by atoms with E-state index in [1.807, 2.05) is 0 Å². The Labute approximate surface area is 119 Å². The summed E-state index contributed by atoms with van der Waals surface area (Å²) in [6.45, 7) is 10.7. The second kappa shape index (κ2) is 6.77. The molecule has 108 valence electrons. The molecule has 0 saturated carbocycles. The van der Waals surface area contributed by atoms with Crippen LogP contribution < -0.4 is 0 Å². The first-order chi connectivity index (χ1) is 9.17. The van der Waals surface area contributed by atoms with Crippen molar-refractivity contribution >= 4 is 0 Å². The third-order valence-electron chi connectivity index (χ3n) is 4.94. The molecule has 0 spiro atoms. The van der Waals surface area contributed by atoms with Gasteiger partial charge in [-0.15, -0.1) is 6.42 Å². The Kier molecular flexibility index (Phi) is 5.30. The van der Waals surface area contributed by atoms with Crippen molar-refractivity contribution in [2.24, 2.45) is 5.92 Å². The number of nitrogens with zero attached hydrogens (tertiary/aromatic N) is 2. The molecule has 2 aliphatic rings. The van der Waals surface area contributed by atoms with Crippen molar-refractivity contribution in [3.05, 3.63) is 0 Å². The van der Waals surface area contributed by atoms with E-state index in [-0.39, 0.29) is 0 Å². The number of terminal acetylenes is 1. The van der Waals surface area contributed by atoms with Crippen LogP contribution in [0.2, 0.25) is 0 Å². The van der Waals surface area contributed by atoms with E-state index in [4.69, 9.17) is 6.42 Å². The van der Waals surface area contributed by atoms with Crippen molar-refractivity contribution in [1.29, 1.82) is 0 Å². The lowest BCUT2D eigenvalue weighted by molar-refractivity contribution is -0.0204. The SMILES string of the molecule is C#CC(CCC)N1CC2CCCCN2CC1C(C)C. The molecule has 2 nitrogen and oxygen atoms in total. The zero-order valence-corrected chi connectivity index (χ0v) is 12.9. The van der Waals surface area contributed by atoms with E-state index in [0.717, 1.165) is 12.5 Å². The first-order valence-electron chi connectivity index (χ1n) is 8.13. The van der Waals surface area contributed by atoms with Crippen molar-refractivity contribution in [2.75, 3.05) is 19.6 Å². The Morgan fingerprint density at radius 3 is 2.68 bits per heavy atom. The summed E-state index contributed by atoms with van der Waals surface area (Å²) < 4.78 is 0. The van der Waals surface area contributed by atoms with Gasteiger partial charge in [0.25, 0.3) is 0 Å². The average molecular weight is 262 g/mol. The summed E-state index contributed by atoms with van der Waals surface area (Å²) >= 11 is 0. The monoisotopic (exact) mass is 262 g/mol. The Morgan fingerprint density at radius 2 is 2.05 bits per heavy atom. The predicted octanol–water partition coefficient (Wildman–Crippen LogP) is 2.98. The van der Waals surface area contributed by atoms with E-state index in [1.54, 1.807) is 0 Å². The molecule has 3 atom stereocenters. The van der Waals surface area contributed by atoms with Gasteiger partial charge >= 0.3 is 0 Å². The van der Waals surface area contributed by atoms with Crippen LogP contribution in [0.1, 0.15) is 52.9 Å². The van der Waals surface area contributed by atoms with Crippen LogP contribution in [0.4, 0.5) is 0 Å². The minimum Gasteiger partial charge on any atom is -0.298 e.